The summed E-state index contributed by atoms with van der Waals surface area (Å²) >= 11 is 0. The summed E-state index contributed by atoms with van der Waals surface area (Å²) < 4.78 is 27.7. The third kappa shape index (κ3) is 1.94. The molecule has 1 aromatic carbocycles. The Labute approximate surface area is 105 Å². The van der Waals surface area contributed by atoms with Crippen LogP contribution in [0.5, 0.6) is 0 Å². The largest absolute Gasteiger partial charge is 0.305 e. The number of carbonyl (C=O) groups excluding carboxylic acids is 1. The summed E-state index contributed by atoms with van der Waals surface area (Å²) in [6.45, 7) is 4.11. The molecule has 1 atom stereocenters. The third-order valence-corrected chi connectivity index (χ3v) is 3.79. The van der Waals surface area contributed by atoms with Crippen LogP contribution in [0.4, 0.5) is 8.78 Å². The number of Topliss-reactive ketones (excluding diaryl/α,β-unsaturated/α-hetero) is 1. The highest BCUT2D eigenvalue weighted by Gasteiger charge is 2.41. The van der Waals surface area contributed by atoms with Gasteiger partial charge in [0.15, 0.2) is 5.78 Å². The zero-order valence-corrected chi connectivity index (χ0v) is 10.6. The molecule has 18 heavy (non-hydrogen) atoms. The van der Waals surface area contributed by atoms with E-state index in [4.69, 9.17) is 0 Å². The lowest BCUT2D eigenvalue weighted by molar-refractivity contribution is 0.0854. The van der Waals surface area contributed by atoms with Gasteiger partial charge in [-0.15, -0.1) is 0 Å². The number of carbonyl (C=O) groups is 1. The third-order valence-electron chi connectivity index (χ3n) is 3.79. The van der Waals surface area contributed by atoms with Gasteiger partial charge in [0.25, 0.3) is 0 Å². The summed E-state index contributed by atoms with van der Waals surface area (Å²) in [4.78, 5) is 12.5. The van der Waals surface area contributed by atoms with Crippen molar-refractivity contribution in [1.29, 1.82) is 0 Å². The molecule has 0 aliphatic carbocycles. The number of benzene rings is 1. The second kappa shape index (κ2) is 4.76. The summed E-state index contributed by atoms with van der Waals surface area (Å²) in [6.07, 6.45) is 2.03. The van der Waals surface area contributed by atoms with Crippen molar-refractivity contribution in [1.82, 2.24) is 5.32 Å². The van der Waals surface area contributed by atoms with Gasteiger partial charge < -0.3 is 5.32 Å². The molecule has 0 saturated carbocycles. The lowest BCUT2D eigenvalue weighted by atomic mass is 9.84. The maximum Gasteiger partial charge on any atom is 0.188 e. The Kier molecular flexibility index (Phi) is 3.48. The molecule has 0 amide bonds. The fourth-order valence-electron chi connectivity index (χ4n) is 2.57. The van der Waals surface area contributed by atoms with Crippen molar-refractivity contribution >= 4 is 5.78 Å². The fraction of sp³-hybridized carbons (Fsp3) is 0.500. The maximum absolute atomic E-state index is 14.0. The van der Waals surface area contributed by atoms with Gasteiger partial charge in [-0.3, -0.25) is 4.79 Å². The lowest BCUT2D eigenvalue weighted by Gasteiger charge is -2.27. The highest BCUT2D eigenvalue weighted by molar-refractivity contribution is 6.04. The molecule has 0 bridgehead atoms. The monoisotopic (exact) mass is 253 g/mol. The first-order valence-electron chi connectivity index (χ1n) is 6.26. The predicted molar refractivity (Wildman–Crippen MR) is 65.7 cm³/mol. The first-order valence-corrected chi connectivity index (χ1v) is 6.26. The van der Waals surface area contributed by atoms with Gasteiger partial charge in [-0.1, -0.05) is 13.0 Å². The summed E-state index contributed by atoms with van der Waals surface area (Å²) in [5, 5.41) is 3.11. The van der Waals surface area contributed by atoms with E-state index in [9.17, 15) is 13.6 Å². The van der Waals surface area contributed by atoms with Gasteiger partial charge in [-0.05, 0) is 44.4 Å². The minimum Gasteiger partial charge on any atom is -0.305 e. The van der Waals surface area contributed by atoms with Gasteiger partial charge in [0, 0.05) is 0 Å². The molecular weight excluding hydrogens is 236 g/mol. The molecule has 2 nitrogen and oxygen atoms in total. The topological polar surface area (TPSA) is 29.1 Å². The van der Waals surface area contributed by atoms with Crippen LogP contribution in [0, 0.1) is 18.6 Å². The smallest absolute Gasteiger partial charge is 0.188 e. The molecule has 98 valence electrons. The van der Waals surface area contributed by atoms with Crippen LogP contribution in [0.15, 0.2) is 12.1 Å². The van der Waals surface area contributed by atoms with Crippen LogP contribution in [0.1, 0.15) is 42.1 Å². The van der Waals surface area contributed by atoms with Crippen molar-refractivity contribution in [3.63, 3.8) is 0 Å². The molecule has 1 aliphatic heterocycles. The number of rotatable bonds is 3. The first-order chi connectivity index (χ1) is 8.52. The number of aryl methyl sites for hydroxylation is 1. The average molecular weight is 253 g/mol. The molecule has 0 aromatic heterocycles. The van der Waals surface area contributed by atoms with Crippen molar-refractivity contribution in [2.75, 3.05) is 6.54 Å². The number of halogens is 2. The van der Waals surface area contributed by atoms with E-state index in [0.29, 0.717) is 24.9 Å². The SMILES string of the molecule is CCC1(C(=O)c2c(F)ccc(C)c2F)CCCN1. The number of hydrogen-bond donors (Lipinski definition) is 1. The molecular formula is C14H17F2NO. The Morgan fingerprint density at radius 2 is 2.17 bits per heavy atom. The minimum absolute atomic E-state index is 0.295. The number of ketones is 1. The lowest BCUT2D eigenvalue weighted by Crippen LogP contribution is -2.47. The van der Waals surface area contributed by atoms with Crippen LogP contribution in [0.3, 0.4) is 0 Å². The van der Waals surface area contributed by atoms with Crippen LogP contribution in [-0.2, 0) is 0 Å². The second-order valence-corrected chi connectivity index (χ2v) is 4.85. The Morgan fingerprint density at radius 1 is 1.44 bits per heavy atom. The molecule has 1 saturated heterocycles. The van der Waals surface area contributed by atoms with Crippen LogP contribution in [0.2, 0.25) is 0 Å². The molecule has 1 heterocycles. The zero-order chi connectivity index (χ0) is 13.3. The van der Waals surface area contributed by atoms with Crippen molar-refractivity contribution in [3.05, 3.63) is 34.9 Å². The molecule has 1 N–H and O–H groups in total. The molecule has 1 fully saturated rings. The van der Waals surface area contributed by atoms with Crippen molar-refractivity contribution in [2.45, 2.75) is 38.6 Å². The Morgan fingerprint density at radius 3 is 2.72 bits per heavy atom. The standard InChI is InChI=1S/C14H17F2NO/c1-3-14(7-4-8-17-14)13(18)11-10(15)6-5-9(2)12(11)16/h5-6,17H,3-4,7-8H2,1-2H3. The normalized spacial score (nSPS) is 23.3. The predicted octanol–water partition coefficient (Wildman–Crippen LogP) is 2.99. The molecule has 1 unspecified atom stereocenters. The van der Waals surface area contributed by atoms with E-state index in [-0.39, 0.29) is 0 Å². The summed E-state index contributed by atoms with van der Waals surface area (Å²) in [5.41, 5.74) is -0.898. The quantitative estimate of drug-likeness (QED) is 0.839. The van der Waals surface area contributed by atoms with Crippen LogP contribution in [0.25, 0.3) is 0 Å². The van der Waals surface area contributed by atoms with Gasteiger partial charge in [0.05, 0.1) is 11.1 Å². The Balaban J connectivity index is 2.49. The molecule has 4 heteroatoms. The van der Waals surface area contributed by atoms with Gasteiger partial charge in [0.2, 0.25) is 0 Å². The highest BCUT2D eigenvalue weighted by atomic mass is 19.1. The molecule has 0 radical (unpaired) electrons. The van der Waals surface area contributed by atoms with E-state index >= 15 is 0 Å². The molecule has 1 aliphatic rings. The summed E-state index contributed by atoms with van der Waals surface area (Å²) in [7, 11) is 0. The summed E-state index contributed by atoms with van der Waals surface area (Å²) in [6, 6.07) is 2.51. The van der Waals surface area contributed by atoms with Crippen LogP contribution in [-0.4, -0.2) is 17.9 Å². The molecule has 0 spiro atoms. The maximum atomic E-state index is 14.0. The zero-order valence-electron chi connectivity index (χ0n) is 10.6. The minimum atomic E-state index is -0.796. The Hall–Kier alpha value is -1.29. The van der Waals surface area contributed by atoms with E-state index in [1.807, 2.05) is 6.92 Å². The van der Waals surface area contributed by atoms with Gasteiger partial charge in [0.1, 0.15) is 11.6 Å². The van der Waals surface area contributed by atoms with E-state index < -0.39 is 28.5 Å². The second-order valence-electron chi connectivity index (χ2n) is 4.85. The van der Waals surface area contributed by atoms with Gasteiger partial charge in [-0.25, -0.2) is 8.78 Å². The van der Waals surface area contributed by atoms with Crippen LogP contribution >= 0.6 is 0 Å². The van der Waals surface area contributed by atoms with Gasteiger partial charge in [-0.2, -0.15) is 0 Å². The Bertz CT molecular complexity index is 479. The van der Waals surface area contributed by atoms with E-state index in [1.54, 1.807) is 0 Å². The summed E-state index contributed by atoms with van der Waals surface area (Å²) in [5.74, 6) is -1.97. The molecule has 1 aromatic rings. The van der Waals surface area contributed by atoms with E-state index in [0.717, 1.165) is 12.5 Å². The average Bonchev–Trinajstić information content (AvgIpc) is 2.84. The molecule has 2 rings (SSSR count). The number of nitrogens with one attached hydrogen (secondary N) is 1. The first kappa shape index (κ1) is 13.1. The van der Waals surface area contributed by atoms with E-state index in [1.165, 1.54) is 13.0 Å². The highest BCUT2D eigenvalue weighted by Crippen LogP contribution is 2.30. The van der Waals surface area contributed by atoms with Crippen molar-refractivity contribution in [2.24, 2.45) is 0 Å². The number of hydrogen-bond acceptors (Lipinski definition) is 2. The van der Waals surface area contributed by atoms with Crippen LogP contribution < -0.4 is 5.32 Å². The van der Waals surface area contributed by atoms with Gasteiger partial charge >= 0.3 is 0 Å². The van der Waals surface area contributed by atoms with E-state index in [2.05, 4.69) is 5.32 Å². The fourth-order valence-corrected chi connectivity index (χ4v) is 2.57. The van der Waals surface area contributed by atoms with Crippen molar-refractivity contribution < 1.29 is 13.6 Å². The van der Waals surface area contributed by atoms with Crippen molar-refractivity contribution in [3.8, 4) is 0 Å².